The molecule has 7 heteroatoms. The van der Waals surface area contributed by atoms with Gasteiger partial charge in [-0.2, -0.15) is 0 Å². The summed E-state index contributed by atoms with van der Waals surface area (Å²) in [6.07, 6.45) is 0.315. The van der Waals surface area contributed by atoms with E-state index >= 15 is 0 Å². The first-order valence-electron chi connectivity index (χ1n) is 6.33. The van der Waals surface area contributed by atoms with E-state index in [-0.39, 0.29) is 23.3 Å². The summed E-state index contributed by atoms with van der Waals surface area (Å²) >= 11 is 0. The second-order valence-electron chi connectivity index (χ2n) is 4.49. The fourth-order valence-corrected chi connectivity index (χ4v) is 1.76. The first-order chi connectivity index (χ1) is 10.4. The third-order valence-electron chi connectivity index (χ3n) is 2.82. The number of rotatable bonds is 5. The number of ether oxygens (including phenoxy) is 3. The minimum atomic E-state index is -0.803. The van der Waals surface area contributed by atoms with Crippen molar-refractivity contribution in [1.29, 1.82) is 0 Å². The second kappa shape index (κ2) is 6.21. The maximum Gasteiger partial charge on any atom is 0.346 e. The average molecular weight is 304 g/mol. The van der Waals surface area contributed by atoms with Crippen molar-refractivity contribution in [2.24, 2.45) is 0 Å². The van der Waals surface area contributed by atoms with Gasteiger partial charge in [0.1, 0.15) is 12.7 Å². The lowest BCUT2D eigenvalue weighted by Crippen LogP contribution is -2.22. The van der Waals surface area contributed by atoms with Crippen LogP contribution in [0.1, 0.15) is 38.0 Å². The van der Waals surface area contributed by atoms with Crippen LogP contribution in [0.25, 0.3) is 0 Å². The van der Waals surface area contributed by atoms with Crippen LogP contribution < -0.4 is 0 Å². The molecule has 1 aromatic carbocycles. The molecule has 0 aliphatic carbocycles. The van der Waals surface area contributed by atoms with Crippen molar-refractivity contribution in [3.63, 3.8) is 0 Å². The normalized spacial score (nSPS) is 13.9. The number of hydrogen-bond donors (Lipinski definition) is 0. The fourth-order valence-electron chi connectivity index (χ4n) is 1.76. The Kier molecular flexibility index (Phi) is 4.36. The van der Waals surface area contributed by atoms with Crippen LogP contribution in [-0.4, -0.2) is 36.6 Å². The Hall–Kier alpha value is -2.96. The number of cyclic esters (lactones) is 2. The van der Waals surface area contributed by atoms with Gasteiger partial charge in [-0.1, -0.05) is 6.58 Å². The summed E-state index contributed by atoms with van der Waals surface area (Å²) in [5.74, 6) is -2.88. The highest BCUT2D eigenvalue weighted by Crippen LogP contribution is 2.21. The Bertz CT molecular complexity index is 674. The lowest BCUT2D eigenvalue weighted by atomic mass is 10.1. The Morgan fingerprint density at radius 3 is 2.64 bits per heavy atom. The van der Waals surface area contributed by atoms with Gasteiger partial charge >= 0.3 is 23.9 Å². The van der Waals surface area contributed by atoms with E-state index in [9.17, 15) is 19.2 Å². The van der Waals surface area contributed by atoms with Crippen molar-refractivity contribution in [3.8, 4) is 0 Å². The summed E-state index contributed by atoms with van der Waals surface area (Å²) in [5, 5.41) is 0. The van der Waals surface area contributed by atoms with Crippen molar-refractivity contribution in [1.82, 2.24) is 0 Å². The van der Waals surface area contributed by atoms with Gasteiger partial charge in [-0.25, -0.2) is 19.2 Å². The molecule has 0 bridgehead atoms. The molecule has 22 heavy (non-hydrogen) atoms. The highest BCUT2D eigenvalue weighted by Gasteiger charge is 2.30. The summed E-state index contributed by atoms with van der Waals surface area (Å²) in [7, 11) is 0. The molecular weight excluding hydrogens is 292 g/mol. The lowest BCUT2D eigenvalue weighted by molar-refractivity contribution is -0.140. The molecule has 1 atom stereocenters. The number of carbonyl (C=O) groups is 4. The van der Waals surface area contributed by atoms with Crippen LogP contribution in [-0.2, 0) is 19.0 Å². The third kappa shape index (κ3) is 3.20. The zero-order valence-corrected chi connectivity index (χ0v) is 11.7. The Morgan fingerprint density at radius 2 is 1.95 bits per heavy atom. The van der Waals surface area contributed by atoms with Crippen LogP contribution >= 0.6 is 0 Å². The van der Waals surface area contributed by atoms with E-state index in [1.165, 1.54) is 18.2 Å². The van der Waals surface area contributed by atoms with Crippen LogP contribution in [0.5, 0.6) is 0 Å². The molecule has 1 aliphatic rings. The number of fused-ring (bicyclic) bond motifs is 1. The van der Waals surface area contributed by atoms with Gasteiger partial charge in [0.2, 0.25) is 0 Å². The molecule has 114 valence electrons. The number of benzene rings is 1. The van der Waals surface area contributed by atoms with Crippen LogP contribution in [0.4, 0.5) is 0 Å². The first kappa shape index (κ1) is 15.4. The predicted octanol–water partition coefficient (Wildman–Crippen LogP) is 1.27. The molecule has 0 saturated carbocycles. The van der Waals surface area contributed by atoms with E-state index in [0.29, 0.717) is 0 Å². The molecule has 0 radical (unpaired) electrons. The van der Waals surface area contributed by atoms with E-state index in [1.54, 1.807) is 6.92 Å². The van der Waals surface area contributed by atoms with E-state index in [4.69, 9.17) is 9.47 Å². The smallest absolute Gasteiger partial charge is 0.346 e. The molecule has 0 fully saturated rings. The van der Waals surface area contributed by atoms with Crippen molar-refractivity contribution >= 4 is 23.9 Å². The van der Waals surface area contributed by atoms with Crippen molar-refractivity contribution in [3.05, 3.63) is 47.5 Å². The predicted molar refractivity (Wildman–Crippen MR) is 72.2 cm³/mol. The van der Waals surface area contributed by atoms with Crippen molar-refractivity contribution < 1.29 is 33.4 Å². The topological polar surface area (TPSA) is 96.0 Å². The number of esters is 4. The third-order valence-corrected chi connectivity index (χ3v) is 2.82. The minimum Gasteiger partial charge on any atom is -0.459 e. The van der Waals surface area contributed by atoms with Crippen molar-refractivity contribution in [2.45, 2.75) is 13.0 Å². The molecule has 7 nitrogen and oxygen atoms in total. The fraction of sp³-hybridized carbons (Fsp3) is 0.200. The molecule has 0 aromatic heterocycles. The van der Waals surface area contributed by atoms with E-state index in [0.717, 1.165) is 6.08 Å². The molecule has 1 heterocycles. The Balaban J connectivity index is 2.03. The van der Waals surface area contributed by atoms with Gasteiger partial charge in [-0.3, -0.25) is 0 Å². The van der Waals surface area contributed by atoms with E-state index in [1.807, 2.05) is 0 Å². The molecule has 1 aliphatic heterocycles. The Labute approximate surface area is 125 Å². The van der Waals surface area contributed by atoms with Gasteiger partial charge in [0, 0.05) is 6.08 Å². The SMILES string of the molecule is C=CC(=O)OCC(C)OC(=O)c1ccc2c(c1)C(=O)OC2=O. The van der Waals surface area contributed by atoms with Gasteiger partial charge in [-0.15, -0.1) is 0 Å². The molecular formula is C15H12O7. The maximum absolute atomic E-state index is 11.9. The van der Waals surface area contributed by atoms with E-state index < -0.39 is 30.0 Å². The standard InChI is InChI=1S/C15H12O7/c1-3-12(16)20-7-8(2)21-13(17)9-4-5-10-11(6-9)15(19)22-14(10)18/h3-6,8H,1,7H2,2H3. The molecule has 1 aromatic rings. The summed E-state index contributed by atoms with van der Waals surface area (Å²) in [4.78, 5) is 45.6. The monoisotopic (exact) mass is 304 g/mol. The lowest BCUT2D eigenvalue weighted by Gasteiger charge is -2.13. The highest BCUT2D eigenvalue weighted by atomic mass is 16.6. The number of hydrogen-bond acceptors (Lipinski definition) is 7. The molecule has 0 saturated heterocycles. The summed E-state index contributed by atoms with van der Waals surface area (Å²) in [6, 6.07) is 3.90. The quantitative estimate of drug-likeness (QED) is 0.350. The molecule has 1 unspecified atom stereocenters. The van der Waals surface area contributed by atoms with Gasteiger partial charge in [0.05, 0.1) is 16.7 Å². The summed E-state index contributed by atoms with van der Waals surface area (Å²) in [6.45, 7) is 4.66. The Morgan fingerprint density at radius 1 is 1.27 bits per heavy atom. The number of carbonyl (C=O) groups excluding carboxylic acids is 4. The van der Waals surface area contributed by atoms with Gasteiger partial charge in [0.15, 0.2) is 0 Å². The van der Waals surface area contributed by atoms with Crippen molar-refractivity contribution in [2.75, 3.05) is 6.61 Å². The van der Waals surface area contributed by atoms with Gasteiger partial charge in [0.25, 0.3) is 0 Å². The highest BCUT2D eigenvalue weighted by molar-refractivity contribution is 6.15. The summed E-state index contributed by atoms with van der Waals surface area (Å²) in [5.41, 5.74) is 0.215. The zero-order valence-electron chi connectivity index (χ0n) is 11.7. The molecule has 0 amide bonds. The van der Waals surface area contributed by atoms with Gasteiger partial charge < -0.3 is 14.2 Å². The van der Waals surface area contributed by atoms with E-state index in [2.05, 4.69) is 11.3 Å². The van der Waals surface area contributed by atoms with Gasteiger partial charge in [-0.05, 0) is 25.1 Å². The molecule has 0 spiro atoms. The average Bonchev–Trinajstić information content (AvgIpc) is 2.79. The molecule has 0 N–H and O–H groups in total. The van der Waals surface area contributed by atoms with Crippen LogP contribution in [0.3, 0.4) is 0 Å². The summed E-state index contributed by atoms with van der Waals surface area (Å²) < 4.78 is 14.2. The van der Waals surface area contributed by atoms with Crippen LogP contribution in [0, 0.1) is 0 Å². The first-order valence-corrected chi connectivity index (χ1v) is 6.33. The maximum atomic E-state index is 11.9. The second-order valence-corrected chi connectivity index (χ2v) is 4.49. The largest absolute Gasteiger partial charge is 0.459 e. The zero-order chi connectivity index (χ0) is 16.3. The van der Waals surface area contributed by atoms with Crippen LogP contribution in [0.2, 0.25) is 0 Å². The molecule has 2 rings (SSSR count). The minimum absolute atomic E-state index is 0.0187. The van der Waals surface area contributed by atoms with Crippen LogP contribution in [0.15, 0.2) is 30.9 Å².